The molecule has 1 heteroatoms. The molecular weight excluding hydrogens is 208 g/mol. The maximum absolute atomic E-state index is 12.3. The standard InChI is InChI=1S/C16H22O/c1-3-12(2)11-16(17)15-10-5-4-9-14(15)13-7-6-8-13/h4-5,9-10,12-13H,3,6-8,11H2,1-2H3. The molecule has 0 amide bonds. The lowest BCUT2D eigenvalue weighted by atomic mass is 9.77. The van der Waals surface area contributed by atoms with Gasteiger partial charge in [0.25, 0.3) is 0 Å². The predicted octanol–water partition coefficient (Wildman–Crippen LogP) is 4.57. The Morgan fingerprint density at radius 1 is 1.35 bits per heavy atom. The van der Waals surface area contributed by atoms with Crippen molar-refractivity contribution in [1.82, 2.24) is 0 Å². The van der Waals surface area contributed by atoms with Crippen LogP contribution in [0.4, 0.5) is 0 Å². The minimum atomic E-state index is 0.335. The summed E-state index contributed by atoms with van der Waals surface area (Å²) < 4.78 is 0. The normalized spacial score (nSPS) is 17.5. The van der Waals surface area contributed by atoms with Crippen molar-refractivity contribution in [3.63, 3.8) is 0 Å². The van der Waals surface area contributed by atoms with Gasteiger partial charge in [0.05, 0.1) is 0 Å². The van der Waals surface area contributed by atoms with E-state index in [2.05, 4.69) is 26.0 Å². The van der Waals surface area contributed by atoms with Crippen LogP contribution in [0.25, 0.3) is 0 Å². The van der Waals surface area contributed by atoms with Gasteiger partial charge in [0, 0.05) is 12.0 Å². The van der Waals surface area contributed by atoms with E-state index in [-0.39, 0.29) is 0 Å². The molecular formula is C16H22O. The van der Waals surface area contributed by atoms with Gasteiger partial charge in [-0.05, 0) is 30.2 Å². The van der Waals surface area contributed by atoms with Gasteiger partial charge in [0.15, 0.2) is 5.78 Å². The average molecular weight is 230 g/mol. The van der Waals surface area contributed by atoms with Crippen LogP contribution in [0.15, 0.2) is 24.3 Å². The number of benzene rings is 1. The second kappa shape index (κ2) is 5.48. The predicted molar refractivity (Wildman–Crippen MR) is 71.4 cm³/mol. The lowest BCUT2D eigenvalue weighted by Gasteiger charge is -2.27. The van der Waals surface area contributed by atoms with E-state index < -0.39 is 0 Å². The van der Waals surface area contributed by atoms with E-state index in [1.807, 2.05) is 12.1 Å². The molecule has 0 aromatic heterocycles. The number of hydrogen-bond donors (Lipinski definition) is 0. The summed E-state index contributed by atoms with van der Waals surface area (Å²) in [7, 11) is 0. The first kappa shape index (κ1) is 12.3. The van der Waals surface area contributed by atoms with Crippen molar-refractivity contribution in [2.24, 2.45) is 5.92 Å². The molecule has 17 heavy (non-hydrogen) atoms. The van der Waals surface area contributed by atoms with E-state index in [1.165, 1.54) is 24.8 Å². The molecule has 1 nitrogen and oxygen atoms in total. The molecule has 1 saturated carbocycles. The van der Waals surface area contributed by atoms with Crippen LogP contribution < -0.4 is 0 Å². The fourth-order valence-electron chi connectivity index (χ4n) is 2.40. The summed E-state index contributed by atoms with van der Waals surface area (Å²) >= 11 is 0. The molecule has 1 aromatic rings. The van der Waals surface area contributed by atoms with Crippen molar-refractivity contribution in [2.45, 2.75) is 51.9 Å². The van der Waals surface area contributed by atoms with Crippen molar-refractivity contribution >= 4 is 5.78 Å². The molecule has 92 valence electrons. The molecule has 0 N–H and O–H groups in total. The van der Waals surface area contributed by atoms with Gasteiger partial charge in [-0.3, -0.25) is 4.79 Å². The number of rotatable bonds is 5. The van der Waals surface area contributed by atoms with Gasteiger partial charge >= 0.3 is 0 Å². The summed E-state index contributed by atoms with van der Waals surface area (Å²) in [5.74, 6) is 1.48. The quantitative estimate of drug-likeness (QED) is 0.677. The lowest BCUT2D eigenvalue weighted by Crippen LogP contribution is -2.15. The second-order valence-corrected chi connectivity index (χ2v) is 5.36. The third kappa shape index (κ3) is 2.77. The second-order valence-electron chi connectivity index (χ2n) is 5.36. The van der Waals surface area contributed by atoms with Crippen molar-refractivity contribution < 1.29 is 4.79 Å². The largest absolute Gasteiger partial charge is 0.294 e. The van der Waals surface area contributed by atoms with Crippen LogP contribution >= 0.6 is 0 Å². The van der Waals surface area contributed by atoms with Gasteiger partial charge in [0.1, 0.15) is 0 Å². The summed E-state index contributed by atoms with van der Waals surface area (Å²) in [4.78, 5) is 12.3. The smallest absolute Gasteiger partial charge is 0.163 e. The van der Waals surface area contributed by atoms with Crippen LogP contribution in [-0.4, -0.2) is 5.78 Å². The highest BCUT2D eigenvalue weighted by Crippen LogP contribution is 2.38. The van der Waals surface area contributed by atoms with Crippen LogP contribution in [-0.2, 0) is 0 Å². The van der Waals surface area contributed by atoms with E-state index in [1.54, 1.807) is 0 Å². The minimum Gasteiger partial charge on any atom is -0.294 e. The van der Waals surface area contributed by atoms with Crippen molar-refractivity contribution in [1.29, 1.82) is 0 Å². The van der Waals surface area contributed by atoms with Gasteiger partial charge in [-0.15, -0.1) is 0 Å². The number of hydrogen-bond acceptors (Lipinski definition) is 1. The number of carbonyl (C=O) groups is 1. The highest BCUT2D eigenvalue weighted by Gasteiger charge is 2.24. The first-order valence-corrected chi connectivity index (χ1v) is 6.84. The fourth-order valence-corrected chi connectivity index (χ4v) is 2.40. The van der Waals surface area contributed by atoms with Crippen LogP contribution in [0.5, 0.6) is 0 Å². The molecule has 1 aromatic carbocycles. The minimum absolute atomic E-state index is 0.335. The zero-order valence-electron chi connectivity index (χ0n) is 10.9. The maximum Gasteiger partial charge on any atom is 0.163 e. The Balaban J connectivity index is 2.16. The Morgan fingerprint density at radius 2 is 2.06 bits per heavy atom. The van der Waals surface area contributed by atoms with E-state index in [4.69, 9.17) is 0 Å². The highest BCUT2D eigenvalue weighted by molar-refractivity contribution is 5.97. The monoisotopic (exact) mass is 230 g/mol. The topological polar surface area (TPSA) is 17.1 Å². The number of ketones is 1. The number of carbonyl (C=O) groups excluding carboxylic acids is 1. The Hall–Kier alpha value is -1.11. The Labute approximate surface area is 104 Å². The highest BCUT2D eigenvalue weighted by atomic mass is 16.1. The van der Waals surface area contributed by atoms with Crippen LogP contribution in [0.1, 0.15) is 67.8 Å². The molecule has 2 rings (SSSR count). The van der Waals surface area contributed by atoms with Crippen molar-refractivity contribution in [3.05, 3.63) is 35.4 Å². The van der Waals surface area contributed by atoms with Gasteiger partial charge in [0.2, 0.25) is 0 Å². The molecule has 0 heterocycles. The van der Waals surface area contributed by atoms with Gasteiger partial charge < -0.3 is 0 Å². The maximum atomic E-state index is 12.3. The lowest BCUT2D eigenvalue weighted by molar-refractivity contribution is 0.0961. The van der Waals surface area contributed by atoms with Crippen LogP contribution in [0.3, 0.4) is 0 Å². The Kier molecular flexibility index (Phi) is 3.98. The third-order valence-corrected chi connectivity index (χ3v) is 4.04. The van der Waals surface area contributed by atoms with Crippen molar-refractivity contribution in [3.8, 4) is 0 Å². The molecule has 1 aliphatic rings. The van der Waals surface area contributed by atoms with E-state index in [0.29, 0.717) is 24.0 Å². The molecule has 1 atom stereocenters. The van der Waals surface area contributed by atoms with E-state index in [9.17, 15) is 4.79 Å². The summed E-state index contributed by atoms with van der Waals surface area (Å²) in [6.45, 7) is 4.31. The molecule has 0 aliphatic heterocycles. The molecule has 0 saturated heterocycles. The van der Waals surface area contributed by atoms with Crippen LogP contribution in [0, 0.1) is 5.92 Å². The van der Waals surface area contributed by atoms with Crippen LogP contribution in [0.2, 0.25) is 0 Å². The summed E-state index contributed by atoms with van der Waals surface area (Å²) in [6.07, 6.45) is 5.61. The number of Topliss-reactive ketones (excluding diaryl/α,β-unsaturated/α-hetero) is 1. The zero-order valence-corrected chi connectivity index (χ0v) is 10.9. The first-order chi connectivity index (χ1) is 8.22. The molecule has 0 radical (unpaired) electrons. The molecule has 1 unspecified atom stereocenters. The van der Waals surface area contributed by atoms with E-state index in [0.717, 1.165) is 12.0 Å². The average Bonchev–Trinajstić information content (AvgIpc) is 2.27. The molecule has 1 aliphatic carbocycles. The molecule has 0 spiro atoms. The summed E-state index contributed by atoms with van der Waals surface area (Å²) in [5, 5.41) is 0. The zero-order chi connectivity index (χ0) is 12.3. The van der Waals surface area contributed by atoms with Crippen molar-refractivity contribution in [2.75, 3.05) is 0 Å². The molecule has 0 bridgehead atoms. The molecule has 1 fully saturated rings. The Morgan fingerprint density at radius 3 is 2.65 bits per heavy atom. The third-order valence-electron chi connectivity index (χ3n) is 4.04. The summed E-state index contributed by atoms with van der Waals surface area (Å²) in [5.41, 5.74) is 2.28. The van der Waals surface area contributed by atoms with Gasteiger partial charge in [-0.25, -0.2) is 0 Å². The first-order valence-electron chi connectivity index (χ1n) is 6.84. The van der Waals surface area contributed by atoms with Gasteiger partial charge in [-0.2, -0.15) is 0 Å². The Bertz CT molecular complexity index is 390. The van der Waals surface area contributed by atoms with E-state index >= 15 is 0 Å². The fraction of sp³-hybridized carbons (Fsp3) is 0.562. The summed E-state index contributed by atoms with van der Waals surface area (Å²) in [6, 6.07) is 8.21. The SMILES string of the molecule is CCC(C)CC(=O)c1ccccc1C1CCC1. The van der Waals surface area contributed by atoms with Gasteiger partial charge in [-0.1, -0.05) is 51.0 Å².